The van der Waals surface area contributed by atoms with Crippen LogP contribution >= 0.6 is 11.3 Å². The zero-order valence-corrected chi connectivity index (χ0v) is 20.0. The predicted molar refractivity (Wildman–Crippen MR) is 132 cm³/mol. The fourth-order valence-corrected chi connectivity index (χ4v) is 6.54. The van der Waals surface area contributed by atoms with Crippen LogP contribution in [-0.2, 0) is 18.0 Å². The maximum absolute atomic E-state index is 16.4. The number of halogens is 2. The van der Waals surface area contributed by atoms with E-state index in [2.05, 4.69) is 24.8 Å². The molecule has 0 aliphatic carbocycles. The molecule has 2 saturated heterocycles. The van der Waals surface area contributed by atoms with Crippen LogP contribution in [0.5, 0.6) is 0 Å². The Labute approximate surface area is 208 Å². The van der Waals surface area contributed by atoms with Crippen LogP contribution in [0.3, 0.4) is 0 Å². The molecule has 0 saturated carbocycles. The molecule has 4 aromatic rings. The van der Waals surface area contributed by atoms with Crippen molar-refractivity contribution in [3.63, 3.8) is 0 Å². The van der Waals surface area contributed by atoms with Gasteiger partial charge in [0, 0.05) is 41.7 Å². The molecule has 0 unspecified atom stereocenters. The van der Waals surface area contributed by atoms with E-state index in [0.29, 0.717) is 22.9 Å². The lowest BCUT2D eigenvalue weighted by atomic mass is 9.94. The Morgan fingerprint density at radius 2 is 1.97 bits per heavy atom. The van der Waals surface area contributed by atoms with E-state index in [1.165, 1.54) is 6.42 Å². The first-order valence-corrected chi connectivity index (χ1v) is 12.7. The van der Waals surface area contributed by atoms with Gasteiger partial charge in [-0.2, -0.15) is 5.26 Å². The molecule has 8 nitrogen and oxygen atoms in total. The van der Waals surface area contributed by atoms with Gasteiger partial charge in [-0.25, -0.2) is 18.7 Å². The molecule has 2 N–H and O–H groups in total. The van der Waals surface area contributed by atoms with Crippen LogP contribution in [0.1, 0.15) is 29.5 Å². The molecule has 11 heteroatoms. The number of fused-ring (bicyclic) bond motifs is 4. The predicted octanol–water partition coefficient (Wildman–Crippen LogP) is 3.95. The Kier molecular flexibility index (Phi) is 4.86. The minimum atomic E-state index is -0.601. The van der Waals surface area contributed by atoms with Crippen molar-refractivity contribution < 1.29 is 13.5 Å². The highest BCUT2D eigenvalue weighted by Gasteiger charge is 2.33. The quantitative estimate of drug-likeness (QED) is 0.446. The summed E-state index contributed by atoms with van der Waals surface area (Å²) in [5.74, 6) is -0.689. The standard InChI is InChI=1S/C25H21F2N7OS/c26-17-8-30-22(19-13(6-28)24(29)36-23(17)19)18-16-11-35-10-15(16)14-7-31-25(32-21(14)20(18)27)34-5-2-12(9-34)33-3-1-4-33/h7-8,12H,1-5,9-11,29H2/t12-/m0/s1. The zero-order valence-electron chi connectivity index (χ0n) is 19.2. The van der Waals surface area contributed by atoms with Gasteiger partial charge < -0.3 is 15.4 Å². The summed E-state index contributed by atoms with van der Waals surface area (Å²) in [6.07, 6.45) is 4.98. The Bertz CT molecular complexity index is 1610. The highest BCUT2D eigenvalue weighted by Crippen LogP contribution is 2.45. The van der Waals surface area contributed by atoms with Crippen molar-refractivity contribution in [1.29, 1.82) is 5.26 Å². The van der Waals surface area contributed by atoms with Crippen LogP contribution in [0, 0.1) is 23.0 Å². The van der Waals surface area contributed by atoms with Gasteiger partial charge in [0.15, 0.2) is 11.6 Å². The number of anilines is 2. The molecule has 3 aliphatic heterocycles. The first kappa shape index (κ1) is 21.8. The summed E-state index contributed by atoms with van der Waals surface area (Å²) < 4.78 is 36.9. The number of rotatable bonds is 3. The van der Waals surface area contributed by atoms with Crippen LogP contribution in [0.25, 0.3) is 32.2 Å². The Hall–Kier alpha value is -3.46. The molecule has 0 spiro atoms. The van der Waals surface area contributed by atoms with E-state index in [1.807, 2.05) is 6.07 Å². The minimum absolute atomic E-state index is 0.0987. The number of benzene rings is 1. The van der Waals surface area contributed by atoms with Gasteiger partial charge in [-0.3, -0.25) is 9.88 Å². The van der Waals surface area contributed by atoms with Crippen LogP contribution in [0.15, 0.2) is 12.4 Å². The second-order valence-electron chi connectivity index (χ2n) is 9.46. The lowest BCUT2D eigenvalue weighted by Crippen LogP contribution is -2.46. The van der Waals surface area contributed by atoms with Gasteiger partial charge in [-0.15, -0.1) is 11.3 Å². The molecule has 6 heterocycles. The average molecular weight is 506 g/mol. The Balaban J connectivity index is 1.42. The number of nitrogen functional groups attached to an aromatic ring is 1. The van der Waals surface area contributed by atoms with Gasteiger partial charge in [0.05, 0.1) is 35.4 Å². The van der Waals surface area contributed by atoms with Crippen molar-refractivity contribution in [2.24, 2.45) is 0 Å². The average Bonchev–Trinajstić information content (AvgIpc) is 3.58. The molecule has 0 amide bonds. The van der Waals surface area contributed by atoms with E-state index in [4.69, 9.17) is 10.5 Å². The van der Waals surface area contributed by atoms with Crippen LogP contribution in [0.4, 0.5) is 19.7 Å². The molecule has 1 atom stereocenters. The van der Waals surface area contributed by atoms with Crippen molar-refractivity contribution in [3.05, 3.63) is 40.7 Å². The highest BCUT2D eigenvalue weighted by molar-refractivity contribution is 7.23. The SMILES string of the molecule is N#Cc1c(N)sc2c(F)cnc(-c3c4c(c5cnc(N6CC[C@H](N7CCC7)C6)nc5c3F)COC4)c12. The third-order valence-electron chi connectivity index (χ3n) is 7.59. The van der Waals surface area contributed by atoms with Crippen molar-refractivity contribution in [1.82, 2.24) is 19.9 Å². The van der Waals surface area contributed by atoms with Crippen molar-refractivity contribution in [2.75, 3.05) is 36.8 Å². The number of nitrogens with zero attached hydrogens (tertiary/aromatic N) is 6. The molecular formula is C25H21F2N7OS. The smallest absolute Gasteiger partial charge is 0.226 e. The molecule has 3 aliphatic rings. The second kappa shape index (κ2) is 8.03. The molecule has 36 heavy (non-hydrogen) atoms. The van der Waals surface area contributed by atoms with E-state index in [9.17, 15) is 9.65 Å². The third-order valence-corrected chi connectivity index (χ3v) is 8.61. The van der Waals surface area contributed by atoms with E-state index in [0.717, 1.165) is 55.7 Å². The molecule has 1 aromatic carbocycles. The third kappa shape index (κ3) is 3.05. The molecule has 7 rings (SSSR count). The van der Waals surface area contributed by atoms with Crippen LogP contribution in [-0.4, -0.2) is 52.1 Å². The summed E-state index contributed by atoms with van der Waals surface area (Å²) in [6, 6.07) is 2.51. The Morgan fingerprint density at radius 3 is 2.75 bits per heavy atom. The molecular weight excluding hydrogens is 484 g/mol. The summed E-state index contributed by atoms with van der Waals surface area (Å²) in [5.41, 5.74) is 8.04. The number of ether oxygens (including phenoxy) is 1. The summed E-state index contributed by atoms with van der Waals surface area (Å²) in [7, 11) is 0. The van der Waals surface area contributed by atoms with Gasteiger partial charge in [0.1, 0.15) is 16.6 Å². The number of nitrogens with two attached hydrogens (primary N) is 1. The van der Waals surface area contributed by atoms with Gasteiger partial charge in [-0.05, 0) is 37.1 Å². The van der Waals surface area contributed by atoms with Crippen molar-refractivity contribution in [3.8, 4) is 17.3 Å². The maximum Gasteiger partial charge on any atom is 0.226 e. The summed E-state index contributed by atoms with van der Waals surface area (Å²) in [5, 5.41) is 10.7. The minimum Gasteiger partial charge on any atom is -0.389 e. The number of thiophene rings is 1. The molecule has 0 radical (unpaired) electrons. The van der Waals surface area contributed by atoms with Crippen molar-refractivity contribution >= 4 is 43.3 Å². The van der Waals surface area contributed by atoms with E-state index >= 15 is 4.39 Å². The summed E-state index contributed by atoms with van der Waals surface area (Å²) in [4.78, 5) is 18.1. The monoisotopic (exact) mass is 505 g/mol. The van der Waals surface area contributed by atoms with Crippen molar-refractivity contribution in [2.45, 2.75) is 32.1 Å². The lowest BCUT2D eigenvalue weighted by molar-refractivity contribution is 0.129. The van der Waals surface area contributed by atoms with E-state index < -0.39 is 11.6 Å². The number of aromatic nitrogens is 3. The molecule has 0 bridgehead atoms. The first-order chi connectivity index (χ1) is 17.5. The van der Waals surface area contributed by atoms with Crippen LogP contribution in [0.2, 0.25) is 0 Å². The second-order valence-corrected chi connectivity index (χ2v) is 10.5. The van der Waals surface area contributed by atoms with Gasteiger partial charge in [-0.1, -0.05) is 0 Å². The molecule has 2 fully saturated rings. The fourth-order valence-electron chi connectivity index (χ4n) is 5.62. The van der Waals surface area contributed by atoms with E-state index in [1.54, 1.807) is 6.20 Å². The van der Waals surface area contributed by atoms with Gasteiger partial charge >= 0.3 is 0 Å². The lowest BCUT2D eigenvalue weighted by Gasteiger charge is -2.36. The number of nitriles is 1. The van der Waals surface area contributed by atoms with Gasteiger partial charge in [0.2, 0.25) is 5.95 Å². The topological polar surface area (TPSA) is 104 Å². The van der Waals surface area contributed by atoms with E-state index in [-0.39, 0.29) is 50.6 Å². The van der Waals surface area contributed by atoms with Gasteiger partial charge in [0.25, 0.3) is 0 Å². The maximum atomic E-state index is 16.4. The summed E-state index contributed by atoms with van der Waals surface area (Å²) in [6.45, 7) is 4.33. The number of hydrogen-bond acceptors (Lipinski definition) is 9. The zero-order chi connectivity index (χ0) is 24.6. The molecule has 3 aromatic heterocycles. The first-order valence-electron chi connectivity index (χ1n) is 11.9. The largest absolute Gasteiger partial charge is 0.389 e. The normalized spacial score (nSPS) is 19.7. The molecule has 182 valence electrons. The Morgan fingerprint density at radius 1 is 1.14 bits per heavy atom. The number of pyridine rings is 1. The fraction of sp³-hybridized carbons (Fsp3) is 0.360. The summed E-state index contributed by atoms with van der Waals surface area (Å²) >= 11 is 0.960. The number of likely N-dealkylation sites (tertiary alicyclic amines) is 1. The number of hydrogen-bond donors (Lipinski definition) is 1. The van der Waals surface area contributed by atoms with Crippen LogP contribution < -0.4 is 10.6 Å². The highest BCUT2D eigenvalue weighted by atomic mass is 32.1.